The van der Waals surface area contributed by atoms with Gasteiger partial charge in [-0.1, -0.05) is 0 Å². The van der Waals surface area contributed by atoms with Crippen LogP contribution in [0.4, 0.5) is 0 Å². The van der Waals surface area contributed by atoms with E-state index in [4.69, 9.17) is 15.9 Å². The lowest BCUT2D eigenvalue weighted by atomic mass is 9.89. The molecule has 114 valence electrons. The number of aliphatic hydroxyl groups excluding tert-OH is 1. The second-order valence-electron chi connectivity index (χ2n) is 6.43. The number of hydrogen-bond acceptors (Lipinski definition) is 4. The Morgan fingerprint density at radius 3 is 2.37 bits per heavy atom. The minimum absolute atomic E-state index is 0. The standard InChI is InChI=1S/C10H19NO3.C4H11N/c1-11-5-4-8(10(13)14)7-9(11)3-2-6-12;1-4(2,3)5/h8-9,12H,2-7H2,1H3,(H,13,14);5H2,1-3H3. The first-order chi connectivity index (χ1) is 8.65. The van der Waals surface area contributed by atoms with Crippen LogP contribution in [0.15, 0.2) is 0 Å². The second kappa shape index (κ2) is 8.51. The molecule has 1 saturated heterocycles. The molecule has 1 heterocycles. The Hall–Kier alpha value is -0.650. The molecule has 5 heteroatoms. The van der Waals surface area contributed by atoms with Crippen molar-refractivity contribution in [1.29, 1.82) is 0 Å². The van der Waals surface area contributed by atoms with Crippen molar-refractivity contribution in [3.63, 3.8) is 0 Å². The van der Waals surface area contributed by atoms with Gasteiger partial charge in [0.05, 0.1) is 5.92 Å². The minimum atomic E-state index is -0.674. The number of aliphatic hydroxyl groups is 1. The highest BCUT2D eigenvalue weighted by Crippen LogP contribution is 2.24. The largest absolute Gasteiger partial charge is 0.481 e. The molecule has 1 fully saturated rings. The summed E-state index contributed by atoms with van der Waals surface area (Å²) in [6, 6.07) is 0.331. The number of carboxylic acids is 1. The zero-order valence-electron chi connectivity index (χ0n) is 12.7. The molecule has 0 aromatic heterocycles. The monoisotopic (exact) mass is 274 g/mol. The van der Waals surface area contributed by atoms with Crippen molar-refractivity contribution in [2.24, 2.45) is 11.7 Å². The van der Waals surface area contributed by atoms with E-state index in [0.29, 0.717) is 6.04 Å². The van der Waals surface area contributed by atoms with E-state index >= 15 is 0 Å². The minimum Gasteiger partial charge on any atom is -0.481 e. The van der Waals surface area contributed by atoms with Crippen molar-refractivity contribution in [3.05, 3.63) is 0 Å². The van der Waals surface area contributed by atoms with Gasteiger partial charge < -0.3 is 20.8 Å². The van der Waals surface area contributed by atoms with E-state index in [-0.39, 0.29) is 18.1 Å². The predicted octanol–water partition coefficient (Wildman–Crippen LogP) is 1.30. The molecule has 19 heavy (non-hydrogen) atoms. The van der Waals surface area contributed by atoms with Gasteiger partial charge in [-0.25, -0.2) is 0 Å². The number of nitrogens with two attached hydrogens (primary N) is 1. The smallest absolute Gasteiger partial charge is 0.306 e. The van der Waals surface area contributed by atoms with Crippen molar-refractivity contribution >= 4 is 5.97 Å². The number of aliphatic carboxylic acids is 1. The third-order valence-electron chi connectivity index (χ3n) is 3.05. The molecule has 2 atom stereocenters. The second-order valence-corrected chi connectivity index (χ2v) is 6.43. The first-order valence-corrected chi connectivity index (χ1v) is 6.98. The number of carbonyl (C=O) groups is 1. The fourth-order valence-electron chi connectivity index (χ4n) is 2.06. The molecule has 1 aliphatic heterocycles. The highest BCUT2D eigenvalue weighted by atomic mass is 16.4. The van der Waals surface area contributed by atoms with Gasteiger partial charge in [-0.15, -0.1) is 0 Å². The predicted molar refractivity (Wildman–Crippen MR) is 77.0 cm³/mol. The SMILES string of the molecule is CC(C)(C)N.CN1CCC(C(=O)O)CC1CCCO. The number of hydrogen-bond donors (Lipinski definition) is 3. The molecule has 0 amide bonds. The molecular weight excluding hydrogens is 244 g/mol. The van der Waals surface area contributed by atoms with Crippen LogP contribution in [0.3, 0.4) is 0 Å². The van der Waals surface area contributed by atoms with E-state index in [9.17, 15) is 4.79 Å². The van der Waals surface area contributed by atoms with Crippen molar-refractivity contribution in [2.45, 2.75) is 58.0 Å². The van der Waals surface area contributed by atoms with Gasteiger partial charge in [0.2, 0.25) is 0 Å². The summed E-state index contributed by atoms with van der Waals surface area (Å²) in [7, 11) is 2.03. The van der Waals surface area contributed by atoms with E-state index in [1.54, 1.807) is 0 Å². The molecule has 5 nitrogen and oxygen atoms in total. The van der Waals surface area contributed by atoms with Crippen molar-refractivity contribution in [1.82, 2.24) is 4.90 Å². The lowest BCUT2D eigenvalue weighted by Crippen LogP contribution is -2.41. The average Bonchev–Trinajstić information content (AvgIpc) is 2.25. The van der Waals surface area contributed by atoms with E-state index in [1.165, 1.54) is 0 Å². The zero-order chi connectivity index (χ0) is 15.1. The van der Waals surface area contributed by atoms with Gasteiger partial charge >= 0.3 is 5.97 Å². The molecule has 0 aromatic rings. The van der Waals surface area contributed by atoms with Gasteiger partial charge in [0, 0.05) is 18.2 Å². The van der Waals surface area contributed by atoms with E-state index in [2.05, 4.69) is 4.90 Å². The Bertz CT molecular complexity index is 258. The first kappa shape index (κ1) is 18.4. The summed E-state index contributed by atoms with van der Waals surface area (Å²) in [5.74, 6) is -0.859. The molecule has 1 aliphatic rings. The summed E-state index contributed by atoms with van der Waals surface area (Å²) in [5.41, 5.74) is 5.35. The van der Waals surface area contributed by atoms with Crippen LogP contribution in [0.25, 0.3) is 0 Å². The third-order valence-corrected chi connectivity index (χ3v) is 3.05. The molecule has 1 rings (SSSR count). The van der Waals surface area contributed by atoms with E-state index in [1.807, 2.05) is 27.8 Å². The van der Waals surface area contributed by atoms with Crippen molar-refractivity contribution in [3.8, 4) is 0 Å². The van der Waals surface area contributed by atoms with Gasteiger partial charge in [0.25, 0.3) is 0 Å². The molecular formula is C14H30N2O3. The Kier molecular flexibility index (Phi) is 8.22. The number of rotatable bonds is 4. The normalized spacial score (nSPS) is 24.5. The Labute approximate surface area is 116 Å². The highest BCUT2D eigenvalue weighted by Gasteiger charge is 2.29. The van der Waals surface area contributed by atoms with E-state index in [0.717, 1.165) is 32.2 Å². The van der Waals surface area contributed by atoms with Crippen LogP contribution in [0.2, 0.25) is 0 Å². The summed E-state index contributed by atoms with van der Waals surface area (Å²) in [6.45, 7) is 6.95. The topological polar surface area (TPSA) is 86.8 Å². The molecule has 0 aliphatic carbocycles. The summed E-state index contributed by atoms with van der Waals surface area (Å²) >= 11 is 0. The van der Waals surface area contributed by atoms with Gasteiger partial charge in [0.15, 0.2) is 0 Å². The number of carboxylic acid groups (broad SMARTS) is 1. The maximum absolute atomic E-state index is 10.8. The Morgan fingerprint density at radius 1 is 1.42 bits per heavy atom. The van der Waals surface area contributed by atoms with Gasteiger partial charge in [-0.2, -0.15) is 0 Å². The summed E-state index contributed by atoms with van der Waals surface area (Å²) in [5, 5.41) is 17.6. The van der Waals surface area contributed by atoms with Gasteiger partial charge in [-0.3, -0.25) is 4.79 Å². The average molecular weight is 274 g/mol. The fraction of sp³-hybridized carbons (Fsp3) is 0.929. The highest BCUT2D eigenvalue weighted by molar-refractivity contribution is 5.70. The summed E-state index contributed by atoms with van der Waals surface area (Å²) in [4.78, 5) is 13.0. The number of nitrogens with zero attached hydrogens (tertiary/aromatic N) is 1. The lowest BCUT2D eigenvalue weighted by molar-refractivity contribution is -0.144. The molecule has 2 unspecified atom stereocenters. The van der Waals surface area contributed by atoms with Crippen LogP contribution in [0.1, 0.15) is 46.5 Å². The van der Waals surface area contributed by atoms with Gasteiger partial charge in [0.1, 0.15) is 0 Å². The third kappa shape index (κ3) is 9.87. The van der Waals surface area contributed by atoms with Crippen LogP contribution in [-0.2, 0) is 4.79 Å². The Morgan fingerprint density at radius 2 is 1.95 bits per heavy atom. The molecule has 0 radical (unpaired) electrons. The fourth-order valence-corrected chi connectivity index (χ4v) is 2.06. The number of piperidine rings is 1. The van der Waals surface area contributed by atoms with Crippen molar-refractivity contribution in [2.75, 3.05) is 20.2 Å². The lowest BCUT2D eigenvalue weighted by Gasteiger charge is -2.35. The molecule has 0 aromatic carbocycles. The molecule has 0 bridgehead atoms. The maximum Gasteiger partial charge on any atom is 0.306 e. The Balaban J connectivity index is 0.000000555. The first-order valence-electron chi connectivity index (χ1n) is 6.98. The summed E-state index contributed by atoms with van der Waals surface area (Å²) in [6.07, 6.45) is 3.14. The van der Waals surface area contributed by atoms with Crippen LogP contribution in [-0.4, -0.2) is 52.9 Å². The van der Waals surface area contributed by atoms with Crippen LogP contribution >= 0.6 is 0 Å². The van der Waals surface area contributed by atoms with Crippen LogP contribution in [0.5, 0.6) is 0 Å². The van der Waals surface area contributed by atoms with Gasteiger partial charge in [-0.05, 0) is 60.0 Å². The quantitative estimate of drug-likeness (QED) is 0.719. The maximum atomic E-state index is 10.8. The molecule has 0 spiro atoms. The zero-order valence-corrected chi connectivity index (χ0v) is 12.7. The van der Waals surface area contributed by atoms with Crippen LogP contribution < -0.4 is 5.73 Å². The molecule has 4 N–H and O–H groups in total. The number of likely N-dealkylation sites (tertiary alicyclic amines) is 1. The van der Waals surface area contributed by atoms with Crippen LogP contribution in [0, 0.1) is 5.92 Å². The molecule has 0 saturated carbocycles. The van der Waals surface area contributed by atoms with Crippen molar-refractivity contribution < 1.29 is 15.0 Å². The summed E-state index contributed by atoms with van der Waals surface area (Å²) < 4.78 is 0. The van der Waals surface area contributed by atoms with E-state index < -0.39 is 5.97 Å².